The van der Waals surface area contributed by atoms with E-state index in [-0.39, 0.29) is 10.6 Å². The number of aldehydes is 1. The smallest absolute Gasteiger partial charge is 0.293 e. The van der Waals surface area contributed by atoms with Crippen molar-refractivity contribution >= 4 is 17.7 Å². The maximum atomic E-state index is 11.3. The maximum Gasteiger partial charge on any atom is 0.293 e. The number of carbonyl (C=O) groups excluding carboxylic acids is 1. The summed E-state index contributed by atoms with van der Waals surface area (Å²) >= 11 is 0. The highest BCUT2D eigenvalue weighted by Crippen LogP contribution is 2.41. The standard InChI is InChI=1S/C15H18N2O3/c18-10-11-6-7-14(15(9-11)17(19)20)16-8-2-4-12-3-1-5-13(12)16/h6-7,9-10,12-13H,1-5,8H2. The van der Waals surface area contributed by atoms with Crippen LogP contribution in [0.2, 0.25) is 0 Å². The first kappa shape index (κ1) is 13.1. The minimum atomic E-state index is -0.374. The molecule has 0 aromatic heterocycles. The number of fused-ring (bicyclic) bond motifs is 1. The van der Waals surface area contributed by atoms with Crippen LogP contribution in [0, 0.1) is 16.0 Å². The van der Waals surface area contributed by atoms with Crippen LogP contribution in [0.5, 0.6) is 0 Å². The van der Waals surface area contributed by atoms with Crippen molar-refractivity contribution in [2.45, 2.75) is 38.1 Å². The van der Waals surface area contributed by atoms with Crippen LogP contribution >= 0.6 is 0 Å². The van der Waals surface area contributed by atoms with Gasteiger partial charge in [-0.25, -0.2) is 0 Å². The number of nitrogens with zero attached hydrogens (tertiary/aromatic N) is 2. The molecule has 0 spiro atoms. The van der Waals surface area contributed by atoms with Crippen molar-refractivity contribution in [3.05, 3.63) is 33.9 Å². The van der Waals surface area contributed by atoms with Crippen molar-refractivity contribution in [3.8, 4) is 0 Å². The summed E-state index contributed by atoms with van der Waals surface area (Å²) in [7, 11) is 0. The van der Waals surface area contributed by atoms with Gasteiger partial charge in [-0.2, -0.15) is 0 Å². The first-order chi connectivity index (χ1) is 9.70. The zero-order valence-corrected chi connectivity index (χ0v) is 11.3. The number of hydrogen-bond acceptors (Lipinski definition) is 4. The van der Waals surface area contributed by atoms with Gasteiger partial charge < -0.3 is 4.90 Å². The van der Waals surface area contributed by atoms with Crippen LogP contribution < -0.4 is 4.90 Å². The van der Waals surface area contributed by atoms with Crippen LogP contribution in [0.25, 0.3) is 0 Å². The third-order valence-corrected chi connectivity index (χ3v) is 4.63. The second-order valence-corrected chi connectivity index (χ2v) is 5.72. The van der Waals surface area contributed by atoms with Gasteiger partial charge in [0.15, 0.2) is 0 Å². The van der Waals surface area contributed by atoms with E-state index in [2.05, 4.69) is 4.90 Å². The lowest BCUT2D eigenvalue weighted by Gasteiger charge is -2.39. The summed E-state index contributed by atoms with van der Waals surface area (Å²) in [5.74, 6) is 0.675. The molecule has 1 aromatic rings. The third kappa shape index (κ3) is 2.17. The number of nitro benzene ring substituents is 1. The Bertz CT molecular complexity index is 544. The van der Waals surface area contributed by atoms with Crippen molar-refractivity contribution in [1.82, 2.24) is 0 Å². The Hall–Kier alpha value is -1.91. The molecule has 1 aliphatic heterocycles. The van der Waals surface area contributed by atoms with Crippen LogP contribution in [0.3, 0.4) is 0 Å². The SMILES string of the molecule is O=Cc1ccc(N2CCCC3CCCC32)c([N+](=O)[O-])c1. The van der Waals surface area contributed by atoms with E-state index in [0.29, 0.717) is 29.5 Å². The molecule has 0 amide bonds. The van der Waals surface area contributed by atoms with Gasteiger partial charge in [0, 0.05) is 24.2 Å². The lowest BCUT2D eigenvalue weighted by atomic mass is 9.91. The molecule has 2 aliphatic rings. The number of hydrogen-bond donors (Lipinski definition) is 0. The van der Waals surface area contributed by atoms with Gasteiger partial charge in [-0.15, -0.1) is 0 Å². The molecule has 0 bridgehead atoms. The van der Waals surface area contributed by atoms with E-state index in [9.17, 15) is 14.9 Å². The van der Waals surface area contributed by atoms with Gasteiger partial charge in [0.1, 0.15) is 12.0 Å². The number of carbonyl (C=O) groups is 1. The van der Waals surface area contributed by atoms with Crippen LogP contribution in [0.1, 0.15) is 42.5 Å². The predicted octanol–water partition coefficient (Wildman–Crippen LogP) is 3.18. The fourth-order valence-corrected chi connectivity index (χ4v) is 3.76. The average Bonchev–Trinajstić information content (AvgIpc) is 2.95. The van der Waals surface area contributed by atoms with E-state index in [1.807, 2.05) is 0 Å². The molecule has 1 aliphatic carbocycles. The van der Waals surface area contributed by atoms with Crippen molar-refractivity contribution in [1.29, 1.82) is 0 Å². The Morgan fingerprint density at radius 2 is 2.05 bits per heavy atom. The summed E-state index contributed by atoms with van der Waals surface area (Å²) in [5.41, 5.74) is 1.10. The predicted molar refractivity (Wildman–Crippen MR) is 76.2 cm³/mol. The summed E-state index contributed by atoms with van der Waals surface area (Å²) < 4.78 is 0. The molecule has 5 nitrogen and oxygen atoms in total. The topological polar surface area (TPSA) is 63.5 Å². The Morgan fingerprint density at radius 3 is 2.80 bits per heavy atom. The number of nitro groups is 1. The van der Waals surface area contributed by atoms with Gasteiger partial charge in [0.05, 0.1) is 4.92 Å². The highest BCUT2D eigenvalue weighted by Gasteiger charge is 2.37. The number of benzene rings is 1. The molecule has 1 saturated heterocycles. The van der Waals surface area contributed by atoms with Crippen LogP contribution in [-0.4, -0.2) is 23.8 Å². The van der Waals surface area contributed by atoms with E-state index in [1.54, 1.807) is 12.1 Å². The lowest BCUT2D eigenvalue weighted by molar-refractivity contribution is -0.384. The van der Waals surface area contributed by atoms with Crippen molar-refractivity contribution in [2.75, 3.05) is 11.4 Å². The molecule has 3 rings (SSSR count). The average molecular weight is 274 g/mol. The third-order valence-electron chi connectivity index (χ3n) is 4.63. The molecule has 1 aromatic carbocycles. The highest BCUT2D eigenvalue weighted by atomic mass is 16.6. The molecular formula is C15H18N2O3. The maximum absolute atomic E-state index is 11.3. The normalized spacial score (nSPS) is 25.3. The molecule has 106 valence electrons. The zero-order valence-electron chi connectivity index (χ0n) is 11.3. The minimum Gasteiger partial charge on any atom is -0.363 e. The summed E-state index contributed by atoms with van der Waals surface area (Å²) in [6, 6.07) is 5.24. The highest BCUT2D eigenvalue weighted by molar-refractivity contribution is 5.79. The summed E-state index contributed by atoms with van der Waals surface area (Å²) in [6.45, 7) is 0.877. The second kappa shape index (κ2) is 5.23. The molecule has 2 unspecified atom stereocenters. The Balaban J connectivity index is 2.00. The summed E-state index contributed by atoms with van der Waals surface area (Å²) in [4.78, 5) is 23.9. The van der Waals surface area contributed by atoms with Gasteiger partial charge in [-0.1, -0.05) is 6.42 Å². The van der Waals surface area contributed by atoms with Gasteiger partial charge in [0.25, 0.3) is 5.69 Å². The van der Waals surface area contributed by atoms with Crippen LogP contribution in [0.15, 0.2) is 18.2 Å². The lowest BCUT2D eigenvalue weighted by Crippen LogP contribution is -2.42. The van der Waals surface area contributed by atoms with Crippen LogP contribution in [-0.2, 0) is 0 Å². The number of anilines is 1. The molecule has 1 saturated carbocycles. The molecule has 5 heteroatoms. The van der Waals surface area contributed by atoms with Gasteiger partial charge in [-0.05, 0) is 43.7 Å². The molecule has 2 atom stereocenters. The Labute approximate surface area is 117 Å². The molecule has 0 N–H and O–H groups in total. The van der Waals surface area contributed by atoms with E-state index < -0.39 is 0 Å². The quantitative estimate of drug-likeness (QED) is 0.482. The first-order valence-electron chi connectivity index (χ1n) is 7.21. The van der Waals surface area contributed by atoms with E-state index in [0.717, 1.165) is 19.4 Å². The molecule has 20 heavy (non-hydrogen) atoms. The number of piperidine rings is 1. The first-order valence-corrected chi connectivity index (χ1v) is 7.21. The van der Waals surface area contributed by atoms with Gasteiger partial charge >= 0.3 is 0 Å². The number of rotatable bonds is 3. The summed E-state index contributed by atoms with van der Waals surface area (Å²) in [5, 5.41) is 11.3. The summed E-state index contributed by atoms with van der Waals surface area (Å²) in [6.07, 6.45) is 6.56. The van der Waals surface area contributed by atoms with E-state index in [4.69, 9.17) is 0 Å². The molecule has 2 fully saturated rings. The van der Waals surface area contributed by atoms with Gasteiger partial charge in [0.2, 0.25) is 0 Å². The molecular weight excluding hydrogens is 256 g/mol. The fourth-order valence-electron chi connectivity index (χ4n) is 3.76. The van der Waals surface area contributed by atoms with E-state index >= 15 is 0 Å². The monoisotopic (exact) mass is 274 g/mol. The molecule has 1 heterocycles. The molecule has 0 radical (unpaired) electrons. The van der Waals surface area contributed by atoms with Crippen molar-refractivity contribution in [3.63, 3.8) is 0 Å². The van der Waals surface area contributed by atoms with Crippen LogP contribution in [0.4, 0.5) is 11.4 Å². The van der Waals surface area contributed by atoms with Gasteiger partial charge in [-0.3, -0.25) is 14.9 Å². The Kier molecular flexibility index (Phi) is 3.42. The zero-order chi connectivity index (χ0) is 14.1. The minimum absolute atomic E-state index is 0.0575. The van der Waals surface area contributed by atoms with E-state index in [1.165, 1.54) is 25.3 Å². The second-order valence-electron chi connectivity index (χ2n) is 5.72. The fraction of sp³-hybridized carbons (Fsp3) is 0.533. The van der Waals surface area contributed by atoms with Crippen molar-refractivity contribution in [2.24, 2.45) is 5.92 Å². The van der Waals surface area contributed by atoms with Crippen molar-refractivity contribution < 1.29 is 9.72 Å². The Morgan fingerprint density at radius 1 is 1.25 bits per heavy atom. The largest absolute Gasteiger partial charge is 0.363 e.